The molecular weight excluding hydrogens is 156 g/mol. The molecule has 0 aromatic heterocycles. The van der Waals surface area contributed by atoms with Crippen molar-refractivity contribution < 1.29 is 0 Å². The highest BCUT2D eigenvalue weighted by Crippen LogP contribution is 2.31. The molecule has 80 valence electrons. The highest BCUT2D eigenvalue weighted by atomic mass is 14.3. The normalized spacial score (nSPS) is 21.2. The van der Waals surface area contributed by atoms with Gasteiger partial charge in [-0.15, -0.1) is 0 Å². The molecular formula is C13H28. The van der Waals surface area contributed by atoms with Crippen molar-refractivity contribution in [2.24, 2.45) is 29.6 Å². The second-order valence-corrected chi connectivity index (χ2v) is 5.21. The van der Waals surface area contributed by atoms with Gasteiger partial charge in [-0.2, -0.15) is 0 Å². The fraction of sp³-hybridized carbons (Fsp3) is 1.00. The quantitative estimate of drug-likeness (QED) is 0.586. The Hall–Kier alpha value is 0. The highest BCUT2D eigenvalue weighted by Gasteiger charge is 2.24. The van der Waals surface area contributed by atoms with Crippen LogP contribution in [0.25, 0.3) is 0 Å². The molecule has 0 fully saturated rings. The smallest absolute Gasteiger partial charge is 0.0386 e. The molecule has 0 amide bonds. The molecule has 0 aromatic carbocycles. The molecule has 0 bridgehead atoms. The summed E-state index contributed by atoms with van der Waals surface area (Å²) in [6, 6.07) is 0. The second-order valence-electron chi connectivity index (χ2n) is 5.21. The van der Waals surface area contributed by atoms with Gasteiger partial charge in [-0.1, -0.05) is 54.9 Å². The van der Waals surface area contributed by atoms with Crippen LogP contribution < -0.4 is 0 Å². The summed E-state index contributed by atoms with van der Waals surface area (Å²) >= 11 is 0. The van der Waals surface area contributed by atoms with Crippen molar-refractivity contribution in [3.05, 3.63) is 0 Å². The van der Waals surface area contributed by atoms with Crippen LogP contribution in [0.2, 0.25) is 0 Å². The maximum atomic E-state index is 2.42. The van der Waals surface area contributed by atoms with E-state index in [9.17, 15) is 0 Å². The van der Waals surface area contributed by atoms with Crippen molar-refractivity contribution in [2.75, 3.05) is 0 Å². The molecule has 1 unspecified atom stereocenters. The summed E-state index contributed by atoms with van der Waals surface area (Å²) in [6.07, 6.45) is 1.32. The van der Waals surface area contributed by atoms with Gasteiger partial charge in [0.15, 0.2) is 0 Å². The minimum Gasteiger partial charge on any atom is -0.0651 e. The van der Waals surface area contributed by atoms with Crippen LogP contribution in [-0.4, -0.2) is 0 Å². The van der Waals surface area contributed by atoms with Gasteiger partial charge >= 0.3 is 0 Å². The van der Waals surface area contributed by atoms with Crippen molar-refractivity contribution in [1.82, 2.24) is 0 Å². The summed E-state index contributed by atoms with van der Waals surface area (Å²) in [4.78, 5) is 0. The van der Waals surface area contributed by atoms with Crippen LogP contribution >= 0.6 is 0 Å². The number of hydrogen-bond donors (Lipinski definition) is 0. The molecule has 0 saturated carbocycles. The fourth-order valence-corrected chi connectivity index (χ4v) is 1.98. The topological polar surface area (TPSA) is 0 Å². The summed E-state index contributed by atoms with van der Waals surface area (Å²) in [5.41, 5.74) is 0. The van der Waals surface area contributed by atoms with E-state index >= 15 is 0 Å². The standard InChI is InChI=1S/C13H28/c1-8-10(4)12(6)13(7)11(5)9(2)3/h9-13H,8H2,1-7H3/t10-,11-,12?,13+/m0/s1. The molecule has 0 nitrogen and oxygen atoms in total. The third-order valence-electron chi connectivity index (χ3n) is 4.25. The molecule has 0 aromatic rings. The third kappa shape index (κ3) is 3.70. The van der Waals surface area contributed by atoms with E-state index in [1.165, 1.54) is 6.42 Å². The molecule has 0 aliphatic heterocycles. The minimum absolute atomic E-state index is 0.821. The highest BCUT2D eigenvalue weighted by molar-refractivity contribution is 4.73. The summed E-state index contributed by atoms with van der Waals surface area (Å²) in [6.45, 7) is 16.6. The Bertz CT molecular complexity index is 126. The van der Waals surface area contributed by atoms with Crippen LogP contribution in [0.3, 0.4) is 0 Å². The van der Waals surface area contributed by atoms with Gasteiger partial charge in [-0.3, -0.25) is 0 Å². The predicted octanol–water partition coefficient (Wildman–Crippen LogP) is 4.60. The van der Waals surface area contributed by atoms with Crippen molar-refractivity contribution in [3.63, 3.8) is 0 Å². The lowest BCUT2D eigenvalue weighted by atomic mass is 9.74. The SMILES string of the molecule is CC[C@H](C)C(C)[C@H](C)[C@@H](C)C(C)C. The van der Waals surface area contributed by atoms with E-state index in [2.05, 4.69) is 48.5 Å². The Morgan fingerprint density at radius 3 is 1.46 bits per heavy atom. The lowest BCUT2D eigenvalue weighted by Crippen LogP contribution is -2.24. The van der Waals surface area contributed by atoms with Crippen molar-refractivity contribution in [3.8, 4) is 0 Å². The van der Waals surface area contributed by atoms with Crippen LogP contribution in [0.4, 0.5) is 0 Å². The zero-order chi connectivity index (χ0) is 10.6. The van der Waals surface area contributed by atoms with E-state index in [1.54, 1.807) is 0 Å². The molecule has 4 atom stereocenters. The van der Waals surface area contributed by atoms with Crippen molar-refractivity contribution in [2.45, 2.75) is 54.9 Å². The van der Waals surface area contributed by atoms with E-state index in [0.29, 0.717) is 0 Å². The molecule has 0 aliphatic rings. The van der Waals surface area contributed by atoms with Gasteiger partial charge < -0.3 is 0 Å². The van der Waals surface area contributed by atoms with Crippen LogP contribution in [0, 0.1) is 29.6 Å². The fourth-order valence-electron chi connectivity index (χ4n) is 1.98. The van der Waals surface area contributed by atoms with Crippen molar-refractivity contribution >= 4 is 0 Å². The summed E-state index contributed by atoms with van der Waals surface area (Å²) in [7, 11) is 0. The average Bonchev–Trinajstić information content (AvgIpc) is 2.12. The van der Waals surface area contributed by atoms with E-state index < -0.39 is 0 Å². The van der Waals surface area contributed by atoms with E-state index in [-0.39, 0.29) is 0 Å². The van der Waals surface area contributed by atoms with Gasteiger partial charge in [0, 0.05) is 0 Å². The zero-order valence-corrected chi connectivity index (χ0v) is 10.6. The first-order valence-corrected chi connectivity index (χ1v) is 5.91. The lowest BCUT2D eigenvalue weighted by Gasteiger charge is -2.32. The Balaban J connectivity index is 4.15. The first-order valence-electron chi connectivity index (χ1n) is 5.91. The van der Waals surface area contributed by atoms with Crippen LogP contribution in [-0.2, 0) is 0 Å². The first kappa shape index (κ1) is 13.0. The van der Waals surface area contributed by atoms with Crippen LogP contribution in [0.15, 0.2) is 0 Å². The van der Waals surface area contributed by atoms with E-state index in [0.717, 1.165) is 29.6 Å². The maximum absolute atomic E-state index is 2.42. The maximum Gasteiger partial charge on any atom is -0.0386 e. The Labute approximate surface area is 85.1 Å². The molecule has 0 N–H and O–H groups in total. The van der Waals surface area contributed by atoms with Gasteiger partial charge in [-0.05, 0) is 29.6 Å². The summed E-state index contributed by atoms with van der Waals surface area (Å²) < 4.78 is 0. The largest absolute Gasteiger partial charge is 0.0651 e. The van der Waals surface area contributed by atoms with Gasteiger partial charge in [0.2, 0.25) is 0 Å². The van der Waals surface area contributed by atoms with Crippen LogP contribution in [0.5, 0.6) is 0 Å². The molecule has 0 saturated heterocycles. The van der Waals surface area contributed by atoms with E-state index in [4.69, 9.17) is 0 Å². The van der Waals surface area contributed by atoms with Gasteiger partial charge in [0.25, 0.3) is 0 Å². The molecule has 0 heterocycles. The number of rotatable bonds is 5. The van der Waals surface area contributed by atoms with Gasteiger partial charge in [0.05, 0.1) is 0 Å². The third-order valence-corrected chi connectivity index (χ3v) is 4.25. The number of hydrogen-bond acceptors (Lipinski definition) is 0. The molecule has 0 heteroatoms. The van der Waals surface area contributed by atoms with Crippen LogP contribution in [0.1, 0.15) is 54.9 Å². The van der Waals surface area contributed by atoms with Gasteiger partial charge in [0.1, 0.15) is 0 Å². The second kappa shape index (κ2) is 5.67. The molecule has 0 spiro atoms. The monoisotopic (exact) mass is 184 g/mol. The first-order chi connectivity index (χ1) is 5.91. The zero-order valence-electron chi connectivity index (χ0n) is 10.6. The lowest BCUT2D eigenvalue weighted by molar-refractivity contribution is 0.173. The molecule has 0 radical (unpaired) electrons. The Kier molecular flexibility index (Phi) is 5.67. The summed E-state index contributed by atoms with van der Waals surface area (Å²) in [5, 5.41) is 0. The Morgan fingerprint density at radius 2 is 1.15 bits per heavy atom. The Morgan fingerprint density at radius 1 is 0.692 bits per heavy atom. The van der Waals surface area contributed by atoms with Crippen molar-refractivity contribution in [1.29, 1.82) is 0 Å². The molecule has 0 aliphatic carbocycles. The molecule has 13 heavy (non-hydrogen) atoms. The average molecular weight is 184 g/mol. The van der Waals surface area contributed by atoms with Gasteiger partial charge in [-0.25, -0.2) is 0 Å². The minimum atomic E-state index is 0.821. The molecule has 0 rings (SSSR count). The summed E-state index contributed by atoms with van der Waals surface area (Å²) in [5.74, 6) is 4.26. The predicted molar refractivity (Wildman–Crippen MR) is 61.8 cm³/mol. The van der Waals surface area contributed by atoms with E-state index in [1.807, 2.05) is 0 Å².